The lowest BCUT2D eigenvalue weighted by atomic mass is 10.0. The first-order chi connectivity index (χ1) is 12.4. The normalized spacial score (nSPS) is 17.9. The zero-order valence-electron chi connectivity index (χ0n) is 14.7. The first-order valence-electron chi connectivity index (χ1n) is 8.54. The molecular formula is C17H23N5O3S. The second-order valence-corrected chi connectivity index (χ2v) is 8.96. The van der Waals surface area contributed by atoms with E-state index in [1.165, 1.54) is 12.6 Å². The molecule has 8 nitrogen and oxygen atoms in total. The van der Waals surface area contributed by atoms with E-state index in [1.807, 2.05) is 24.3 Å². The van der Waals surface area contributed by atoms with Gasteiger partial charge in [-0.2, -0.15) is 5.10 Å². The van der Waals surface area contributed by atoms with E-state index < -0.39 is 9.84 Å². The largest absolute Gasteiger partial charge is 0.324 e. The number of aromatic nitrogens is 3. The van der Waals surface area contributed by atoms with E-state index >= 15 is 0 Å². The number of anilines is 1. The van der Waals surface area contributed by atoms with E-state index in [2.05, 4.69) is 15.4 Å². The fraction of sp³-hybridized carbons (Fsp3) is 0.471. The maximum Gasteiger partial charge on any atom is 0.321 e. The lowest BCUT2D eigenvalue weighted by molar-refractivity contribution is 0.183. The molecule has 9 heteroatoms. The number of benzene rings is 1. The van der Waals surface area contributed by atoms with E-state index in [9.17, 15) is 13.2 Å². The molecule has 1 fully saturated rings. The number of nitrogens with one attached hydrogen (secondary N) is 1. The number of hydrogen-bond donors (Lipinski definition) is 1. The quantitative estimate of drug-likeness (QED) is 0.854. The number of rotatable bonds is 5. The van der Waals surface area contributed by atoms with Gasteiger partial charge in [-0.3, -0.25) is 0 Å². The first-order valence-corrected chi connectivity index (χ1v) is 10.6. The zero-order chi connectivity index (χ0) is 18.6. The molecule has 3 rings (SSSR count). The van der Waals surface area contributed by atoms with Gasteiger partial charge >= 0.3 is 6.03 Å². The van der Waals surface area contributed by atoms with Crippen molar-refractivity contribution in [2.75, 3.05) is 30.4 Å². The molecule has 0 spiro atoms. The Kier molecular flexibility index (Phi) is 5.55. The van der Waals surface area contributed by atoms with Crippen molar-refractivity contribution in [1.29, 1.82) is 0 Å². The monoisotopic (exact) mass is 377 g/mol. The number of urea groups is 1. The Morgan fingerprint density at radius 3 is 2.96 bits per heavy atom. The number of hydrogen-bond acceptors (Lipinski definition) is 5. The summed E-state index contributed by atoms with van der Waals surface area (Å²) in [7, 11) is -3.03. The average Bonchev–Trinajstić information content (AvgIpc) is 3.07. The molecule has 1 unspecified atom stereocenters. The Balaban J connectivity index is 1.60. The number of carbonyl (C=O) groups excluding carboxylic acids is 1. The molecule has 0 bridgehead atoms. The van der Waals surface area contributed by atoms with Crippen LogP contribution in [0.5, 0.6) is 0 Å². The third-order valence-corrected chi connectivity index (χ3v) is 5.41. The highest BCUT2D eigenvalue weighted by molar-refractivity contribution is 7.90. The van der Waals surface area contributed by atoms with Crippen LogP contribution in [0.3, 0.4) is 0 Å². The minimum absolute atomic E-state index is 0.00292. The highest BCUT2D eigenvalue weighted by Crippen LogP contribution is 2.19. The van der Waals surface area contributed by atoms with Crippen molar-refractivity contribution in [2.24, 2.45) is 5.92 Å². The van der Waals surface area contributed by atoms with Crippen molar-refractivity contribution < 1.29 is 13.2 Å². The van der Waals surface area contributed by atoms with E-state index in [-0.39, 0.29) is 17.7 Å². The predicted molar refractivity (Wildman–Crippen MR) is 98.6 cm³/mol. The van der Waals surface area contributed by atoms with E-state index in [1.54, 1.807) is 15.9 Å². The lowest BCUT2D eigenvalue weighted by Crippen LogP contribution is -2.43. The maximum atomic E-state index is 12.5. The number of nitrogens with zero attached hydrogens (tertiary/aromatic N) is 4. The van der Waals surface area contributed by atoms with Crippen LogP contribution in [0.1, 0.15) is 18.4 Å². The Morgan fingerprint density at radius 1 is 1.38 bits per heavy atom. The summed E-state index contributed by atoms with van der Waals surface area (Å²) >= 11 is 0. The highest BCUT2D eigenvalue weighted by Gasteiger charge is 2.26. The fourth-order valence-corrected chi connectivity index (χ4v) is 4.39. The van der Waals surface area contributed by atoms with Crippen molar-refractivity contribution in [3.8, 4) is 0 Å². The molecule has 2 heterocycles. The molecule has 26 heavy (non-hydrogen) atoms. The Labute approximate surface area is 153 Å². The molecule has 1 aromatic carbocycles. The molecule has 1 saturated heterocycles. The molecule has 1 aliphatic rings. The van der Waals surface area contributed by atoms with Gasteiger partial charge in [0.25, 0.3) is 0 Å². The molecule has 0 radical (unpaired) electrons. The SMILES string of the molecule is CS(=O)(=O)CC1CCCN(C(=O)Nc2cccc(Cn3cncn3)c2)C1. The summed E-state index contributed by atoms with van der Waals surface area (Å²) in [5.41, 5.74) is 1.71. The van der Waals surface area contributed by atoms with Gasteiger partial charge in [-0.25, -0.2) is 22.9 Å². The summed E-state index contributed by atoms with van der Waals surface area (Å²) in [4.78, 5) is 18.2. The van der Waals surface area contributed by atoms with Crippen molar-refractivity contribution in [3.05, 3.63) is 42.5 Å². The van der Waals surface area contributed by atoms with Crippen LogP contribution >= 0.6 is 0 Å². The number of sulfone groups is 1. The van der Waals surface area contributed by atoms with Crippen LogP contribution in [0.4, 0.5) is 10.5 Å². The molecule has 1 atom stereocenters. The third-order valence-electron chi connectivity index (χ3n) is 4.33. The smallest absolute Gasteiger partial charge is 0.321 e. The molecule has 0 saturated carbocycles. The topological polar surface area (TPSA) is 97.2 Å². The van der Waals surface area contributed by atoms with Crippen LogP contribution in [0, 0.1) is 5.92 Å². The zero-order valence-corrected chi connectivity index (χ0v) is 15.5. The second-order valence-electron chi connectivity index (χ2n) is 6.77. The van der Waals surface area contributed by atoms with Gasteiger partial charge in [0.05, 0.1) is 12.3 Å². The molecule has 2 amide bonds. The second kappa shape index (κ2) is 7.86. The van der Waals surface area contributed by atoms with Crippen LogP contribution in [0.15, 0.2) is 36.9 Å². The summed E-state index contributed by atoms with van der Waals surface area (Å²) < 4.78 is 24.7. The average molecular weight is 377 g/mol. The van der Waals surface area contributed by atoms with E-state index in [0.29, 0.717) is 25.3 Å². The number of carbonyl (C=O) groups is 1. The standard InChI is InChI=1S/C17H23N5O3S/c1-26(24,25)11-15-5-3-7-21(9-15)17(23)20-16-6-2-4-14(8-16)10-22-13-18-12-19-22/h2,4,6,8,12-13,15H,3,5,7,9-11H2,1H3,(H,20,23). The number of piperidine rings is 1. The minimum atomic E-state index is -3.03. The minimum Gasteiger partial charge on any atom is -0.324 e. The fourth-order valence-electron chi connectivity index (χ4n) is 3.27. The highest BCUT2D eigenvalue weighted by atomic mass is 32.2. The van der Waals surface area contributed by atoms with Gasteiger partial charge in [-0.15, -0.1) is 0 Å². The van der Waals surface area contributed by atoms with Crippen LogP contribution in [-0.4, -0.2) is 59.2 Å². The van der Waals surface area contributed by atoms with Crippen molar-refractivity contribution in [2.45, 2.75) is 19.4 Å². The van der Waals surface area contributed by atoms with Gasteiger partial charge in [-0.1, -0.05) is 12.1 Å². The number of amides is 2. The van der Waals surface area contributed by atoms with Crippen molar-refractivity contribution in [1.82, 2.24) is 19.7 Å². The molecule has 0 aliphatic carbocycles. The van der Waals surface area contributed by atoms with Crippen LogP contribution in [0.25, 0.3) is 0 Å². The van der Waals surface area contributed by atoms with Crippen molar-refractivity contribution in [3.63, 3.8) is 0 Å². The Bertz CT molecular complexity index is 851. The lowest BCUT2D eigenvalue weighted by Gasteiger charge is -2.32. The van der Waals surface area contributed by atoms with Gasteiger partial charge in [0.2, 0.25) is 0 Å². The van der Waals surface area contributed by atoms with Crippen molar-refractivity contribution >= 4 is 21.6 Å². The van der Waals surface area contributed by atoms with Gasteiger partial charge in [0, 0.05) is 25.0 Å². The van der Waals surface area contributed by atoms with Crippen LogP contribution < -0.4 is 5.32 Å². The molecular weight excluding hydrogens is 354 g/mol. The third kappa shape index (κ3) is 5.29. The molecule has 2 aromatic rings. The molecule has 1 aliphatic heterocycles. The molecule has 1 N–H and O–H groups in total. The number of likely N-dealkylation sites (tertiary alicyclic amines) is 1. The van der Waals surface area contributed by atoms with Gasteiger partial charge < -0.3 is 10.2 Å². The maximum absolute atomic E-state index is 12.5. The van der Waals surface area contributed by atoms with Gasteiger partial charge in [0.1, 0.15) is 22.5 Å². The Hall–Kier alpha value is -2.42. The van der Waals surface area contributed by atoms with Crippen LogP contribution in [-0.2, 0) is 16.4 Å². The summed E-state index contributed by atoms with van der Waals surface area (Å²) in [6, 6.07) is 7.38. The summed E-state index contributed by atoms with van der Waals surface area (Å²) in [6.07, 6.45) is 6.02. The van der Waals surface area contributed by atoms with Gasteiger partial charge in [-0.05, 0) is 36.5 Å². The first kappa shape index (κ1) is 18.4. The summed E-state index contributed by atoms with van der Waals surface area (Å²) in [6.45, 7) is 1.69. The van der Waals surface area contributed by atoms with Gasteiger partial charge in [0.15, 0.2) is 0 Å². The van der Waals surface area contributed by atoms with Crippen LogP contribution in [0.2, 0.25) is 0 Å². The summed E-state index contributed by atoms with van der Waals surface area (Å²) in [5, 5.41) is 6.98. The molecule has 1 aromatic heterocycles. The Morgan fingerprint density at radius 2 is 2.23 bits per heavy atom. The van der Waals surface area contributed by atoms with E-state index in [0.717, 1.165) is 18.4 Å². The van der Waals surface area contributed by atoms with E-state index in [4.69, 9.17) is 0 Å². The summed E-state index contributed by atoms with van der Waals surface area (Å²) in [5.74, 6) is 0.132. The predicted octanol–water partition coefficient (Wildman–Crippen LogP) is 1.61. The molecule has 140 valence electrons.